The van der Waals surface area contributed by atoms with Gasteiger partial charge in [-0.1, -0.05) is 43.7 Å². The Hall–Kier alpha value is -3.68. The Labute approximate surface area is 230 Å². The van der Waals surface area contributed by atoms with Crippen LogP contribution >= 0.6 is 0 Å². The number of unbranched alkanes of at least 4 members (excludes halogenated alkanes) is 1. The molecule has 1 atom stereocenters. The lowest BCUT2D eigenvalue weighted by Gasteiger charge is -2.29. The number of carbonyl (C=O) groups is 3. The normalized spacial score (nSPS) is 22.5. The van der Waals surface area contributed by atoms with Crippen LogP contribution in [0.5, 0.6) is 0 Å². The number of rotatable bonds is 7. The van der Waals surface area contributed by atoms with Gasteiger partial charge in [0.05, 0.1) is 5.69 Å². The van der Waals surface area contributed by atoms with E-state index in [1.165, 1.54) is 30.6 Å². The fourth-order valence-electron chi connectivity index (χ4n) is 6.05. The van der Waals surface area contributed by atoms with Gasteiger partial charge in [-0.05, 0) is 81.0 Å². The van der Waals surface area contributed by atoms with Gasteiger partial charge >= 0.3 is 6.03 Å². The molecule has 206 valence electrons. The Morgan fingerprint density at radius 2 is 1.72 bits per heavy atom. The van der Waals surface area contributed by atoms with Crippen molar-refractivity contribution >= 4 is 34.9 Å². The van der Waals surface area contributed by atoms with Crippen molar-refractivity contribution in [3.63, 3.8) is 0 Å². The summed E-state index contributed by atoms with van der Waals surface area (Å²) in [5, 5.41) is 5.60. The molecule has 4 amide bonds. The molecule has 39 heavy (non-hydrogen) atoms. The average molecular weight is 530 g/mol. The number of hydrogen-bond acceptors (Lipinski definition) is 4. The minimum Gasteiger partial charge on any atom is -0.341 e. The monoisotopic (exact) mass is 529 g/mol. The summed E-state index contributed by atoms with van der Waals surface area (Å²) in [5.41, 5.74) is 3.93. The average Bonchev–Trinajstić information content (AvgIpc) is 3.31. The third-order valence-corrected chi connectivity index (χ3v) is 8.17. The first-order valence-electron chi connectivity index (χ1n) is 14.3. The standard InChI is InChI=1S/C31H39N5O3/c1-3-4-11-26-25-10-5-6-12-27(25)36(20-28(37)35-18-22-13-14-23(19-35)16-15-22)30(38)29(33-26)34-31(39)32-24-9-7-8-21(2)17-24/h5-10,12,17,22-23,29H,3-4,11,13-16,18-20H2,1-2H3,(H2,32,34,39)/t22?,23?,29-/m0/s1. The van der Waals surface area contributed by atoms with Crippen molar-refractivity contribution in [2.24, 2.45) is 16.8 Å². The maximum atomic E-state index is 14.0. The van der Waals surface area contributed by atoms with Gasteiger partial charge in [0.2, 0.25) is 12.1 Å². The lowest BCUT2D eigenvalue weighted by molar-refractivity contribution is -0.132. The largest absolute Gasteiger partial charge is 0.341 e. The Morgan fingerprint density at radius 3 is 2.41 bits per heavy atom. The van der Waals surface area contributed by atoms with E-state index in [1.807, 2.05) is 54.3 Å². The predicted molar refractivity (Wildman–Crippen MR) is 154 cm³/mol. The molecule has 2 saturated heterocycles. The molecule has 1 saturated carbocycles. The summed E-state index contributed by atoms with van der Waals surface area (Å²) in [4.78, 5) is 48.9. The predicted octanol–water partition coefficient (Wildman–Crippen LogP) is 5.12. The minimum atomic E-state index is -1.14. The van der Waals surface area contributed by atoms with E-state index in [1.54, 1.807) is 6.07 Å². The van der Waals surface area contributed by atoms with Crippen LogP contribution in [-0.4, -0.2) is 54.3 Å². The fraction of sp³-hybridized carbons (Fsp3) is 0.484. The van der Waals surface area contributed by atoms with Gasteiger partial charge in [0.1, 0.15) is 6.54 Å². The number of hydrogen-bond donors (Lipinski definition) is 2. The summed E-state index contributed by atoms with van der Waals surface area (Å²) in [5.74, 6) is 0.642. The second kappa shape index (κ2) is 12.0. The number of benzodiazepines with no additional fused rings is 1. The van der Waals surface area contributed by atoms with Crippen LogP contribution in [0.2, 0.25) is 0 Å². The maximum absolute atomic E-state index is 14.0. The topological polar surface area (TPSA) is 94.1 Å². The number of amides is 4. The third kappa shape index (κ3) is 6.32. The van der Waals surface area contributed by atoms with Crippen molar-refractivity contribution in [1.82, 2.24) is 10.2 Å². The molecule has 0 radical (unpaired) electrons. The summed E-state index contributed by atoms with van der Waals surface area (Å²) in [6.45, 7) is 5.52. The number of carbonyl (C=O) groups excluding carboxylic acids is 3. The molecule has 4 aliphatic rings. The quantitative estimate of drug-likeness (QED) is 0.521. The number of nitrogens with zero attached hydrogens (tertiary/aromatic N) is 3. The van der Waals surface area contributed by atoms with Crippen LogP contribution in [0, 0.1) is 18.8 Å². The molecule has 2 N–H and O–H groups in total. The van der Waals surface area contributed by atoms with Crippen LogP contribution in [0.4, 0.5) is 16.2 Å². The van der Waals surface area contributed by atoms with Crippen molar-refractivity contribution in [2.45, 2.75) is 65.0 Å². The van der Waals surface area contributed by atoms with Gasteiger partial charge in [-0.2, -0.15) is 0 Å². The number of aryl methyl sites for hydroxylation is 1. The van der Waals surface area contributed by atoms with Crippen LogP contribution in [0.15, 0.2) is 53.5 Å². The Morgan fingerprint density at radius 1 is 1.00 bits per heavy atom. The number of urea groups is 1. The number of nitrogens with one attached hydrogen (secondary N) is 2. The van der Waals surface area contributed by atoms with Crippen LogP contribution in [-0.2, 0) is 9.59 Å². The minimum absolute atomic E-state index is 0.0445. The van der Waals surface area contributed by atoms with E-state index in [0.29, 0.717) is 29.6 Å². The zero-order chi connectivity index (χ0) is 27.4. The van der Waals surface area contributed by atoms with Crippen molar-refractivity contribution in [1.29, 1.82) is 0 Å². The molecule has 1 aliphatic carbocycles. The van der Waals surface area contributed by atoms with Gasteiger partial charge in [-0.3, -0.25) is 19.5 Å². The molecule has 8 heteroatoms. The third-order valence-electron chi connectivity index (χ3n) is 8.17. The molecule has 6 rings (SSSR count). The van der Waals surface area contributed by atoms with Gasteiger partial charge < -0.3 is 15.5 Å². The highest BCUT2D eigenvalue weighted by atomic mass is 16.2. The molecule has 2 aromatic rings. The molecule has 3 heterocycles. The molecular formula is C31H39N5O3. The molecule has 0 aromatic heterocycles. The highest BCUT2D eigenvalue weighted by Gasteiger charge is 2.36. The van der Waals surface area contributed by atoms with E-state index in [-0.39, 0.29) is 12.5 Å². The fourth-order valence-corrected chi connectivity index (χ4v) is 6.05. The van der Waals surface area contributed by atoms with Gasteiger partial charge in [-0.15, -0.1) is 0 Å². The number of fused-ring (bicyclic) bond motifs is 5. The first-order chi connectivity index (χ1) is 18.9. The van der Waals surface area contributed by atoms with Crippen LogP contribution < -0.4 is 15.5 Å². The van der Waals surface area contributed by atoms with E-state index in [9.17, 15) is 14.4 Å². The van der Waals surface area contributed by atoms with Gasteiger partial charge in [0.25, 0.3) is 5.91 Å². The Kier molecular flexibility index (Phi) is 8.29. The van der Waals surface area contributed by atoms with Gasteiger partial charge in [0.15, 0.2) is 0 Å². The first-order valence-corrected chi connectivity index (χ1v) is 14.3. The molecule has 3 fully saturated rings. The van der Waals surface area contributed by atoms with E-state index in [0.717, 1.165) is 42.8 Å². The summed E-state index contributed by atoms with van der Waals surface area (Å²) in [6.07, 6.45) is 6.12. The Bertz CT molecular complexity index is 1240. The van der Waals surface area contributed by atoms with Gasteiger partial charge in [-0.25, -0.2) is 4.79 Å². The highest BCUT2D eigenvalue weighted by Crippen LogP contribution is 2.34. The number of anilines is 2. The molecule has 3 aliphatic heterocycles. The molecule has 2 aromatic carbocycles. The van der Waals surface area contributed by atoms with Crippen LogP contribution in [0.1, 0.15) is 63.0 Å². The first kappa shape index (κ1) is 26.9. The van der Waals surface area contributed by atoms with E-state index < -0.39 is 18.1 Å². The molecule has 0 spiro atoms. The summed E-state index contributed by atoms with van der Waals surface area (Å²) >= 11 is 0. The summed E-state index contributed by atoms with van der Waals surface area (Å²) in [6, 6.07) is 14.6. The number of aliphatic imine (C=N–C) groups is 1. The Balaban J connectivity index is 1.41. The second-order valence-corrected chi connectivity index (χ2v) is 11.2. The lowest BCUT2D eigenvalue weighted by Crippen LogP contribution is -2.51. The van der Waals surface area contributed by atoms with E-state index in [4.69, 9.17) is 4.99 Å². The highest BCUT2D eigenvalue weighted by molar-refractivity contribution is 6.14. The maximum Gasteiger partial charge on any atom is 0.321 e. The zero-order valence-electron chi connectivity index (χ0n) is 23.0. The molecule has 2 bridgehead atoms. The molecular weight excluding hydrogens is 490 g/mol. The van der Waals surface area contributed by atoms with E-state index in [2.05, 4.69) is 17.6 Å². The van der Waals surface area contributed by atoms with Crippen molar-refractivity contribution in [2.75, 3.05) is 29.9 Å². The number of benzene rings is 2. The smallest absolute Gasteiger partial charge is 0.321 e. The molecule has 8 nitrogen and oxygen atoms in total. The van der Waals surface area contributed by atoms with Crippen molar-refractivity contribution < 1.29 is 14.4 Å². The van der Waals surface area contributed by atoms with Gasteiger partial charge in [0, 0.05) is 30.1 Å². The zero-order valence-corrected chi connectivity index (χ0v) is 23.0. The summed E-state index contributed by atoms with van der Waals surface area (Å²) in [7, 11) is 0. The molecule has 0 unspecified atom stereocenters. The van der Waals surface area contributed by atoms with Crippen LogP contribution in [0.25, 0.3) is 0 Å². The van der Waals surface area contributed by atoms with E-state index >= 15 is 0 Å². The summed E-state index contributed by atoms with van der Waals surface area (Å²) < 4.78 is 0. The lowest BCUT2D eigenvalue weighted by atomic mass is 9.84. The van der Waals surface area contributed by atoms with Crippen molar-refractivity contribution in [3.05, 3.63) is 59.7 Å². The van der Waals surface area contributed by atoms with Crippen molar-refractivity contribution in [3.8, 4) is 0 Å². The second-order valence-electron chi connectivity index (χ2n) is 11.2. The number of para-hydroxylation sites is 1. The van der Waals surface area contributed by atoms with Crippen LogP contribution in [0.3, 0.4) is 0 Å². The SMILES string of the molecule is CCCCC1=N[C@@H](NC(=O)Nc2cccc(C)c2)C(=O)N(CC(=O)N2CC3CCC(CC3)C2)c2ccccc21.